The van der Waals surface area contributed by atoms with E-state index in [0.29, 0.717) is 30.5 Å². The third-order valence-corrected chi connectivity index (χ3v) is 3.31. The number of halogens is 1. The number of hydrogen-bond donors (Lipinski definition) is 0. The summed E-state index contributed by atoms with van der Waals surface area (Å²) in [6, 6.07) is 3.68. The molecule has 0 N–H and O–H groups in total. The summed E-state index contributed by atoms with van der Waals surface area (Å²) < 4.78 is 8.84. The summed E-state index contributed by atoms with van der Waals surface area (Å²) in [5.74, 6) is 2.62. The van der Waals surface area contributed by atoms with Gasteiger partial charge in [-0.25, -0.2) is 9.97 Å². The number of pyridine rings is 1. The van der Waals surface area contributed by atoms with E-state index >= 15 is 0 Å². The first-order valence-electron chi connectivity index (χ1n) is 6.52. The Hall–Kier alpha value is -2.15. The van der Waals surface area contributed by atoms with E-state index in [-0.39, 0.29) is 0 Å². The lowest BCUT2D eigenvalue weighted by Crippen LogP contribution is -2.08. The van der Waals surface area contributed by atoms with Crippen molar-refractivity contribution in [1.29, 1.82) is 0 Å². The van der Waals surface area contributed by atoms with Crippen molar-refractivity contribution >= 4 is 22.8 Å². The van der Waals surface area contributed by atoms with Gasteiger partial charge in [0.05, 0.1) is 13.7 Å². The fraction of sp³-hybridized carbons (Fsp3) is 0.385. The summed E-state index contributed by atoms with van der Waals surface area (Å²) in [6.45, 7) is 0.504. The van der Waals surface area contributed by atoms with Crippen molar-refractivity contribution < 1.29 is 4.74 Å². The summed E-state index contributed by atoms with van der Waals surface area (Å²) in [6.07, 6.45) is 2.33. The Balaban J connectivity index is 2.09. The molecule has 0 aromatic carbocycles. The molecule has 0 bridgehead atoms. The van der Waals surface area contributed by atoms with Gasteiger partial charge >= 0.3 is 0 Å². The van der Waals surface area contributed by atoms with Crippen LogP contribution < -0.4 is 4.74 Å². The van der Waals surface area contributed by atoms with Crippen LogP contribution in [-0.2, 0) is 20.0 Å². The van der Waals surface area contributed by atoms with E-state index in [4.69, 9.17) is 16.3 Å². The maximum absolute atomic E-state index is 5.87. The first-order chi connectivity index (χ1) is 10.2. The van der Waals surface area contributed by atoms with Crippen molar-refractivity contribution in [3.05, 3.63) is 30.1 Å². The maximum atomic E-state index is 5.87. The van der Waals surface area contributed by atoms with Crippen molar-refractivity contribution in [1.82, 2.24) is 29.3 Å². The summed E-state index contributed by atoms with van der Waals surface area (Å²) >= 11 is 5.87. The normalized spacial score (nSPS) is 11.2. The topological polar surface area (TPSA) is 70.7 Å². The van der Waals surface area contributed by atoms with Crippen LogP contribution in [0, 0.1) is 0 Å². The predicted octanol–water partition coefficient (Wildman–Crippen LogP) is 1.40. The molecule has 3 rings (SSSR count). The van der Waals surface area contributed by atoms with E-state index in [2.05, 4.69) is 20.1 Å². The lowest BCUT2D eigenvalue weighted by molar-refractivity contribution is 0.399. The van der Waals surface area contributed by atoms with Crippen LogP contribution in [0.1, 0.15) is 11.6 Å². The summed E-state index contributed by atoms with van der Waals surface area (Å²) in [7, 11) is 3.43. The highest BCUT2D eigenvalue weighted by atomic mass is 35.5. The molecule has 0 aliphatic rings. The molecule has 0 unspecified atom stereocenters. The number of aryl methyl sites for hydroxylation is 2. The zero-order chi connectivity index (χ0) is 14.8. The quantitative estimate of drug-likeness (QED) is 0.666. The standard InChI is InChI=1S/C13H15ClN6O/c1-19-8-15-10(18-19)7-20-11(5-6-14)16-9-3-4-12(21-2)17-13(9)20/h3-4,8H,5-7H2,1-2H3. The number of fused-ring (bicyclic) bond motifs is 1. The smallest absolute Gasteiger partial charge is 0.215 e. The number of nitrogens with zero attached hydrogens (tertiary/aromatic N) is 6. The molecular weight excluding hydrogens is 292 g/mol. The number of alkyl halides is 1. The van der Waals surface area contributed by atoms with Crippen LogP contribution in [0.3, 0.4) is 0 Å². The average molecular weight is 307 g/mol. The number of ether oxygens (including phenoxy) is 1. The number of hydrogen-bond acceptors (Lipinski definition) is 5. The first-order valence-corrected chi connectivity index (χ1v) is 7.05. The van der Waals surface area contributed by atoms with Crippen molar-refractivity contribution in [3.8, 4) is 5.88 Å². The van der Waals surface area contributed by atoms with Crippen LogP contribution in [0.15, 0.2) is 18.5 Å². The van der Waals surface area contributed by atoms with Crippen molar-refractivity contribution in [3.63, 3.8) is 0 Å². The summed E-state index contributed by atoms with van der Waals surface area (Å²) in [5, 5.41) is 4.30. The van der Waals surface area contributed by atoms with Gasteiger partial charge in [0.2, 0.25) is 5.88 Å². The van der Waals surface area contributed by atoms with Gasteiger partial charge in [0.1, 0.15) is 17.7 Å². The molecule has 0 aliphatic heterocycles. The Morgan fingerprint density at radius 3 is 2.81 bits per heavy atom. The van der Waals surface area contributed by atoms with Gasteiger partial charge in [0.25, 0.3) is 0 Å². The fourth-order valence-electron chi connectivity index (χ4n) is 2.18. The molecule has 3 heterocycles. The monoisotopic (exact) mass is 306 g/mol. The van der Waals surface area contributed by atoms with E-state index in [1.165, 1.54) is 0 Å². The Morgan fingerprint density at radius 1 is 1.29 bits per heavy atom. The molecule has 110 valence electrons. The molecule has 0 atom stereocenters. The van der Waals surface area contributed by atoms with E-state index in [1.54, 1.807) is 24.2 Å². The average Bonchev–Trinajstić information content (AvgIpc) is 3.04. The molecule has 0 radical (unpaired) electrons. The van der Waals surface area contributed by atoms with Gasteiger partial charge in [0, 0.05) is 25.4 Å². The Labute approximate surface area is 126 Å². The molecule has 3 aromatic heterocycles. The Kier molecular flexibility index (Phi) is 3.74. The molecule has 0 amide bonds. The zero-order valence-electron chi connectivity index (χ0n) is 11.8. The maximum Gasteiger partial charge on any atom is 0.215 e. The SMILES string of the molecule is COc1ccc2nc(CCCl)n(Cc3ncn(C)n3)c2n1. The molecule has 0 saturated heterocycles. The lowest BCUT2D eigenvalue weighted by atomic mass is 10.4. The van der Waals surface area contributed by atoms with Gasteiger partial charge < -0.3 is 9.30 Å². The van der Waals surface area contributed by atoms with E-state index in [0.717, 1.165) is 17.0 Å². The highest BCUT2D eigenvalue weighted by molar-refractivity contribution is 6.17. The molecule has 0 aliphatic carbocycles. The minimum Gasteiger partial charge on any atom is -0.481 e. The van der Waals surface area contributed by atoms with E-state index < -0.39 is 0 Å². The summed E-state index contributed by atoms with van der Waals surface area (Å²) in [4.78, 5) is 13.3. The Morgan fingerprint density at radius 2 is 2.14 bits per heavy atom. The lowest BCUT2D eigenvalue weighted by Gasteiger charge is -2.05. The molecule has 21 heavy (non-hydrogen) atoms. The number of imidazole rings is 1. The molecule has 8 heteroatoms. The van der Waals surface area contributed by atoms with Crippen molar-refractivity contribution in [2.24, 2.45) is 7.05 Å². The van der Waals surface area contributed by atoms with Crippen LogP contribution in [0.2, 0.25) is 0 Å². The van der Waals surface area contributed by atoms with E-state index in [1.807, 2.05) is 17.7 Å². The highest BCUT2D eigenvalue weighted by Gasteiger charge is 2.14. The van der Waals surface area contributed by atoms with Gasteiger partial charge in [0.15, 0.2) is 11.5 Å². The largest absolute Gasteiger partial charge is 0.481 e. The minimum atomic E-state index is 0.496. The zero-order valence-corrected chi connectivity index (χ0v) is 12.6. The second-order valence-corrected chi connectivity index (χ2v) is 4.96. The van der Waals surface area contributed by atoms with Gasteiger partial charge in [-0.2, -0.15) is 10.1 Å². The van der Waals surface area contributed by atoms with Gasteiger partial charge in [-0.05, 0) is 6.07 Å². The van der Waals surface area contributed by atoms with Crippen molar-refractivity contribution in [2.75, 3.05) is 13.0 Å². The molecule has 0 fully saturated rings. The van der Waals surface area contributed by atoms with Crippen LogP contribution in [0.25, 0.3) is 11.2 Å². The van der Waals surface area contributed by atoms with Gasteiger partial charge in [-0.15, -0.1) is 11.6 Å². The van der Waals surface area contributed by atoms with Crippen LogP contribution in [-0.4, -0.2) is 42.3 Å². The third-order valence-electron chi connectivity index (χ3n) is 3.12. The Bertz CT molecular complexity index is 765. The third kappa shape index (κ3) is 2.69. The first kappa shape index (κ1) is 13.8. The number of rotatable bonds is 5. The second-order valence-electron chi connectivity index (χ2n) is 4.58. The second kappa shape index (κ2) is 5.69. The highest BCUT2D eigenvalue weighted by Crippen LogP contribution is 2.19. The molecule has 0 saturated carbocycles. The van der Waals surface area contributed by atoms with Crippen LogP contribution >= 0.6 is 11.6 Å². The van der Waals surface area contributed by atoms with Crippen LogP contribution in [0.5, 0.6) is 5.88 Å². The fourth-order valence-corrected chi connectivity index (χ4v) is 2.35. The molecule has 0 spiro atoms. The molecule has 3 aromatic rings. The van der Waals surface area contributed by atoms with E-state index in [9.17, 15) is 0 Å². The molecule has 7 nitrogen and oxygen atoms in total. The number of aromatic nitrogens is 6. The minimum absolute atomic E-state index is 0.496. The van der Waals surface area contributed by atoms with Crippen LogP contribution in [0.4, 0.5) is 0 Å². The van der Waals surface area contributed by atoms with Gasteiger partial charge in [-0.3, -0.25) is 4.68 Å². The number of methoxy groups -OCH3 is 1. The van der Waals surface area contributed by atoms with Crippen molar-refractivity contribution in [2.45, 2.75) is 13.0 Å². The molecular formula is C13H15ClN6O. The van der Waals surface area contributed by atoms with Gasteiger partial charge in [-0.1, -0.05) is 0 Å². The summed E-state index contributed by atoms with van der Waals surface area (Å²) in [5.41, 5.74) is 1.56. The predicted molar refractivity (Wildman–Crippen MR) is 78.6 cm³/mol.